The van der Waals surface area contributed by atoms with Gasteiger partial charge in [0.2, 0.25) is 0 Å². The lowest BCUT2D eigenvalue weighted by Gasteiger charge is -2.20. The van der Waals surface area contributed by atoms with Gasteiger partial charge in [-0.25, -0.2) is 0 Å². The van der Waals surface area contributed by atoms with Crippen LogP contribution in [0.2, 0.25) is 0 Å². The van der Waals surface area contributed by atoms with Crippen molar-refractivity contribution in [3.63, 3.8) is 0 Å². The van der Waals surface area contributed by atoms with Crippen molar-refractivity contribution in [2.45, 2.75) is 38.5 Å². The molecule has 1 aliphatic rings. The smallest absolute Gasteiger partial charge is 0.0541 e. The maximum absolute atomic E-state index is 2.40. The molecule has 0 amide bonds. The van der Waals surface area contributed by atoms with Gasteiger partial charge in [0, 0.05) is 37.3 Å². The monoisotopic (exact) mass is 787 g/mol. The molecule has 0 aliphatic heterocycles. The van der Waals surface area contributed by atoms with E-state index in [0.29, 0.717) is 0 Å². The lowest BCUT2D eigenvalue weighted by atomic mass is 9.85. The fraction of sp³-hybridized carbons (Fsp3) is 0.103. The second kappa shape index (κ2) is 15.5. The van der Waals surface area contributed by atoms with Crippen molar-refractivity contribution in [3.05, 3.63) is 227 Å². The van der Waals surface area contributed by atoms with E-state index in [1.807, 2.05) is 11.3 Å². The highest BCUT2D eigenvalue weighted by molar-refractivity contribution is 7.19. The number of hydrogen-bond acceptors (Lipinski definition) is 1. The van der Waals surface area contributed by atoms with E-state index in [1.54, 1.807) is 0 Å². The number of nitrogens with zero attached hydrogens (tertiary/aromatic N) is 1. The Morgan fingerprint density at radius 2 is 1.13 bits per heavy atom. The topological polar surface area (TPSA) is 4.93 Å². The summed E-state index contributed by atoms with van der Waals surface area (Å²) >= 11 is 1.96. The largest absolute Gasteiger partial charge is 0.309 e. The third-order valence-electron chi connectivity index (χ3n) is 12.6. The van der Waals surface area contributed by atoms with Gasteiger partial charge in [0.05, 0.1) is 11.0 Å². The molecule has 0 radical (unpaired) electrons. The highest BCUT2D eigenvalue weighted by atomic mass is 32.1. The van der Waals surface area contributed by atoms with Crippen LogP contribution in [0.3, 0.4) is 0 Å². The number of aromatic nitrogens is 1. The summed E-state index contributed by atoms with van der Waals surface area (Å²) in [5, 5.41) is 3.95. The summed E-state index contributed by atoms with van der Waals surface area (Å²) in [5.74, 6) is 0.270. The Labute approximate surface area is 356 Å². The quantitative estimate of drug-likeness (QED) is 0.137. The molecule has 0 spiro atoms. The molecule has 10 aromatic rings. The summed E-state index contributed by atoms with van der Waals surface area (Å²) < 4.78 is 3.77. The third kappa shape index (κ3) is 6.77. The van der Waals surface area contributed by atoms with Crippen LogP contribution in [0.25, 0.3) is 77.0 Å². The maximum Gasteiger partial charge on any atom is 0.0541 e. The molecule has 2 heteroatoms. The Kier molecular flexibility index (Phi) is 9.36. The molecule has 0 saturated heterocycles. The lowest BCUT2D eigenvalue weighted by molar-refractivity contribution is 0.715. The van der Waals surface area contributed by atoms with Gasteiger partial charge in [0.1, 0.15) is 0 Å². The highest BCUT2D eigenvalue weighted by Gasteiger charge is 2.18. The molecule has 0 fully saturated rings. The first-order chi connectivity index (χ1) is 29.6. The first-order valence-electron chi connectivity index (χ1n) is 21.3. The van der Waals surface area contributed by atoms with Gasteiger partial charge in [-0.2, -0.15) is 0 Å². The normalized spacial score (nSPS) is 12.9. The fourth-order valence-corrected chi connectivity index (χ4v) is 10.7. The summed E-state index contributed by atoms with van der Waals surface area (Å²) in [5.41, 5.74) is 18.0. The number of hydrogen-bond donors (Lipinski definition) is 0. The number of aryl methyl sites for hydroxylation is 3. The Morgan fingerprint density at radius 1 is 0.517 bits per heavy atom. The Balaban J connectivity index is 0.881. The van der Waals surface area contributed by atoms with E-state index in [0.717, 1.165) is 25.7 Å². The zero-order chi connectivity index (χ0) is 40.0. The molecule has 1 nitrogen and oxygen atoms in total. The summed E-state index contributed by atoms with van der Waals surface area (Å²) in [4.78, 5) is 1.52. The minimum absolute atomic E-state index is 0.270. The van der Waals surface area contributed by atoms with Crippen LogP contribution < -0.4 is 0 Å². The van der Waals surface area contributed by atoms with Gasteiger partial charge in [-0.3, -0.25) is 0 Å². The Hall–Kier alpha value is -6.74. The van der Waals surface area contributed by atoms with Gasteiger partial charge < -0.3 is 4.57 Å². The molecule has 0 saturated carbocycles. The Bertz CT molecular complexity index is 3180. The second-order valence-corrected chi connectivity index (χ2v) is 17.5. The van der Waals surface area contributed by atoms with Crippen molar-refractivity contribution >= 4 is 49.3 Å². The van der Waals surface area contributed by atoms with Crippen LogP contribution >= 0.6 is 11.3 Å². The van der Waals surface area contributed by atoms with Crippen molar-refractivity contribution in [1.82, 2.24) is 4.57 Å². The SMILES string of the molecule is Cc1cccc(-c2ccc(C(CCc3ccc(-c4ccc5c(c4)c4ccccc4n5-c4ccccc4)cc3)c3ccc(-c4ccc5sc6c(c5c4)C=CCC6)cc3)cc2)c1. The van der Waals surface area contributed by atoms with Crippen molar-refractivity contribution in [3.8, 4) is 39.1 Å². The molecule has 1 atom stereocenters. The average molecular weight is 788 g/mol. The van der Waals surface area contributed by atoms with Crippen LogP contribution in [0.5, 0.6) is 0 Å². The van der Waals surface area contributed by atoms with Gasteiger partial charge in [0.25, 0.3) is 0 Å². The van der Waals surface area contributed by atoms with E-state index in [-0.39, 0.29) is 5.92 Å². The van der Waals surface area contributed by atoms with Gasteiger partial charge >= 0.3 is 0 Å². The molecule has 2 aromatic heterocycles. The standard InChI is InChI=1S/C58H45NS/c1-39-10-9-11-46(36-39)42-23-27-44(28-24-42)50(45-29-25-43(26-30-45)48-32-35-58-54(38-48)52-15-6-8-17-57(52)60-58)33-20-40-18-21-41(22-19-40)47-31-34-56-53(37-47)51-14-5-7-16-55(51)59(56)49-12-3-2-4-13-49/h2-7,9-16,18-19,21-32,34-38,50H,8,17,20,33H2,1H3. The lowest BCUT2D eigenvalue weighted by Crippen LogP contribution is -2.03. The summed E-state index contributed by atoms with van der Waals surface area (Å²) in [7, 11) is 0. The number of benzene rings is 8. The number of rotatable bonds is 9. The second-order valence-electron chi connectivity index (χ2n) is 16.4. The van der Waals surface area contributed by atoms with E-state index < -0.39 is 0 Å². The summed E-state index contributed by atoms with van der Waals surface area (Å²) in [6.45, 7) is 2.16. The van der Waals surface area contributed by atoms with Crippen LogP contribution in [0.15, 0.2) is 194 Å². The van der Waals surface area contributed by atoms with Crippen molar-refractivity contribution in [2.24, 2.45) is 0 Å². The molecular weight excluding hydrogens is 743 g/mol. The average Bonchev–Trinajstić information content (AvgIpc) is 3.85. The predicted molar refractivity (Wildman–Crippen MR) is 258 cm³/mol. The van der Waals surface area contributed by atoms with Gasteiger partial charge in [-0.1, -0.05) is 163 Å². The van der Waals surface area contributed by atoms with Crippen molar-refractivity contribution in [2.75, 3.05) is 0 Å². The minimum Gasteiger partial charge on any atom is -0.309 e. The molecular formula is C58H45NS. The minimum atomic E-state index is 0.270. The van der Waals surface area contributed by atoms with E-state index in [2.05, 4.69) is 212 Å². The zero-order valence-corrected chi connectivity index (χ0v) is 34.6. The van der Waals surface area contributed by atoms with Crippen LogP contribution in [0.1, 0.15) is 51.5 Å². The van der Waals surface area contributed by atoms with Gasteiger partial charge in [0.15, 0.2) is 0 Å². The highest BCUT2D eigenvalue weighted by Crippen LogP contribution is 2.40. The van der Waals surface area contributed by atoms with E-state index in [9.17, 15) is 0 Å². The van der Waals surface area contributed by atoms with Gasteiger partial charge in [-0.15, -0.1) is 11.3 Å². The number of thiophene rings is 1. The number of para-hydroxylation sites is 2. The first-order valence-corrected chi connectivity index (χ1v) is 22.1. The van der Waals surface area contributed by atoms with E-state index in [1.165, 1.54) is 104 Å². The third-order valence-corrected chi connectivity index (χ3v) is 13.9. The molecule has 60 heavy (non-hydrogen) atoms. The molecule has 1 unspecified atom stereocenters. The van der Waals surface area contributed by atoms with E-state index >= 15 is 0 Å². The maximum atomic E-state index is 2.40. The number of allylic oxidation sites excluding steroid dienone is 1. The fourth-order valence-electron chi connectivity index (χ4n) is 9.48. The zero-order valence-electron chi connectivity index (χ0n) is 33.8. The summed E-state index contributed by atoms with van der Waals surface area (Å²) in [6, 6.07) is 70.2. The molecule has 1 aliphatic carbocycles. The summed E-state index contributed by atoms with van der Waals surface area (Å²) in [6.07, 6.45) is 8.97. The first kappa shape index (κ1) is 36.3. The number of fused-ring (bicyclic) bond motifs is 6. The van der Waals surface area contributed by atoms with Crippen LogP contribution in [0.4, 0.5) is 0 Å². The van der Waals surface area contributed by atoms with Crippen LogP contribution in [-0.4, -0.2) is 4.57 Å². The van der Waals surface area contributed by atoms with E-state index in [4.69, 9.17) is 0 Å². The van der Waals surface area contributed by atoms with Crippen molar-refractivity contribution < 1.29 is 0 Å². The molecule has 288 valence electrons. The molecule has 0 bridgehead atoms. The van der Waals surface area contributed by atoms with Gasteiger partial charge in [-0.05, 0) is 131 Å². The molecule has 8 aromatic carbocycles. The molecule has 11 rings (SSSR count). The molecule has 0 N–H and O–H groups in total. The van der Waals surface area contributed by atoms with Crippen LogP contribution in [0, 0.1) is 6.92 Å². The Morgan fingerprint density at radius 3 is 1.87 bits per heavy atom. The molecule has 2 heterocycles. The predicted octanol–water partition coefficient (Wildman–Crippen LogP) is 16.0. The van der Waals surface area contributed by atoms with Crippen LogP contribution in [-0.2, 0) is 12.8 Å². The van der Waals surface area contributed by atoms with Crippen molar-refractivity contribution in [1.29, 1.82) is 0 Å².